The van der Waals surface area contributed by atoms with Gasteiger partial charge in [0, 0.05) is 10.7 Å². The van der Waals surface area contributed by atoms with E-state index in [1.54, 1.807) is 13.2 Å². The van der Waals surface area contributed by atoms with Gasteiger partial charge in [-0.25, -0.2) is 0 Å². The van der Waals surface area contributed by atoms with Crippen molar-refractivity contribution in [2.75, 3.05) is 12.8 Å². The average Bonchev–Trinajstić information content (AvgIpc) is 2.34. The van der Waals surface area contributed by atoms with Crippen LogP contribution in [0.25, 0.3) is 0 Å². The first-order chi connectivity index (χ1) is 8.19. The zero-order valence-corrected chi connectivity index (χ0v) is 10.4. The smallest absolute Gasteiger partial charge is 0.119 e. The molecule has 2 rings (SSSR count). The number of hydrogen-bond acceptors (Lipinski definition) is 2. The average molecular weight is 248 g/mol. The van der Waals surface area contributed by atoms with Crippen LogP contribution in [-0.2, 0) is 6.42 Å². The summed E-state index contributed by atoms with van der Waals surface area (Å²) in [5.74, 6) is 0.850. The van der Waals surface area contributed by atoms with Crippen molar-refractivity contribution in [3.63, 3.8) is 0 Å². The molecule has 0 spiro atoms. The van der Waals surface area contributed by atoms with Crippen molar-refractivity contribution in [1.29, 1.82) is 0 Å². The van der Waals surface area contributed by atoms with Gasteiger partial charge in [-0.2, -0.15) is 0 Å². The minimum absolute atomic E-state index is 0.706. The summed E-state index contributed by atoms with van der Waals surface area (Å²) in [6, 6.07) is 13.5. The van der Waals surface area contributed by atoms with Crippen molar-refractivity contribution in [3.8, 4) is 5.75 Å². The lowest BCUT2D eigenvalue weighted by Crippen LogP contribution is -1.96. The highest BCUT2D eigenvalue weighted by atomic mass is 35.5. The van der Waals surface area contributed by atoms with Gasteiger partial charge in [0.15, 0.2) is 0 Å². The Balaban J connectivity index is 2.27. The highest BCUT2D eigenvalue weighted by Crippen LogP contribution is 2.22. The summed E-state index contributed by atoms with van der Waals surface area (Å²) in [5, 5.41) is 0.706. The van der Waals surface area contributed by atoms with Gasteiger partial charge in [-0.05, 0) is 47.9 Å². The molecule has 0 fully saturated rings. The van der Waals surface area contributed by atoms with E-state index < -0.39 is 0 Å². The van der Waals surface area contributed by atoms with Crippen LogP contribution >= 0.6 is 11.6 Å². The Labute approximate surface area is 106 Å². The van der Waals surface area contributed by atoms with E-state index >= 15 is 0 Å². The van der Waals surface area contributed by atoms with Crippen molar-refractivity contribution in [2.24, 2.45) is 0 Å². The van der Waals surface area contributed by atoms with Crippen LogP contribution in [0.5, 0.6) is 5.75 Å². The summed E-state index contributed by atoms with van der Waals surface area (Å²) in [6.45, 7) is 0. The summed E-state index contributed by atoms with van der Waals surface area (Å²) in [6.07, 6.45) is 0.754. The number of nitrogens with two attached hydrogens (primary N) is 1. The molecule has 0 unspecified atom stereocenters. The summed E-state index contributed by atoms with van der Waals surface area (Å²) in [7, 11) is 1.66. The lowest BCUT2D eigenvalue weighted by atomic mass is 10.0. The third kappa shape index (κ3) is 2.92. The van der Waals surface area contributed by atoms with E-state index in [2.05, 4.69) is 0 Å². The van der Waals surface area contributed by atoms with E-state index in [1.807, 2.05) is 36.4 Å². The molecule has 0 aliphatic heterocycles. The predicted molar refractivity (Wildman–Crippen MR) is 71.7 cm³/mol. The van der Waals surface area contributed by atoms with Crippen LogP contribution in [0.2, 0.25) is 5.02 Å². The molecule has 0 amide bonds. The van der Waals surface area contributed by atoms with Gasteiger partial charge in [-0.15, -0.1) is 0 Å². The SMILES string of the molecule is COc1cccc(Cc2cc(Cl)ccc2N)c1. The van der Waals surface area contributed by atoms with E-state index in [0.717, 1.165) is 29.0 Å². The lowest BCUT2D eigenvalue weighted by molar-refractivity contribution is 0.414. The van der Waals surface area contributed by atoms with Gasteiger partial charge in [0.2, 0.25) is 0 Å². The molecule has 2 N–H and O–H groups in total. The Bertz CT molecular complexity index is 525. The van der Waals surface area contributed by atoms with Gasteiger partial charge in [-0.1, -0.05) is 23.7 Å². The number of benzene rings is 2. The third-order valence-electron chi connectivity index (χ3n) is 2.63. The Hall–Kier alpha value is -1.67. The van der Waals surface area contributed by atoms with Gasteiger partial charge < -0.3 is 10.5 Å². The molecule has 0 aliphatic carbocycles. The Kier molecular flexibility index (Phi) is 3.55. The van der Waals surface area contributed by atoms with Crippen LogP contribution in [-0.4, -0.2) is 7.11 Å². The molecule has 0 atom stereocenters. The molecule has 0 radical (unpaired) electrons. The summed E-state index contributed by atoms with van der Waals surface area (Å²) in [4.78, 5) is 0. The molecule has 2 aromatic rings. The summed E-state index contributed by atoms with van der Waals surface area (Å²) < 4.78 is 5.19. The molecule has 17 heavy (non-hydrogen) atoms. The number of methoxy groups -OCH3 is 1. The number of hydrogen-bond donors (Lipinski definition) is 1. The lowest BCUT2D eigenvalue weighted by Gasteiger charge is -2.07. The molecule has 3 heteroatoms. The van der Waals surface area contributed by atoms with Crippen LogP contribution in [0.1, 0.15) is 11.1 Å². The Morgan fingerprint density at radius 1 is 1.18 bits per heavy atom. The molecule has 0 aromatic heterocycles. The van der Waals surface area contributed by atoms with Crippen LogP contribution in [0.4, 0.5) is 5.69 Å². The van der Waals surface area contributed by atoms with E-state index in [4.69, 9.17) is 22.1 Å². The molecule has 0 aliphatic rings. The molecule has 0 saturated carbocycles. The molecule has 88 valence electrons. The first-order valence-electron chi connectivity index (χ1n) is 5.36. The maximum absolute atomic E-state index is 5.96. The number of anilines is 1. The van der Waals surface area contributed by atoms with Gasteiger partial charge in [0.1, 0.15) is 5.75 Å². The fourth-order valence-corrected chi connectivity index (χ4v) is 1.92. The number of ether oxygens (including phenoxy) is 1. The Morgan fingerprint density at radius 2 is 2.00 bits per heavy atom. The fourth-order valence-electron chi connectivity index (χ4n) is 1.73. The van der Waals surface area contributed by atoms with Crippen molar-refractivity contribution in [3.05, 3.63) is 58.6 Å². The van der Waals surface area contributed by atoms with Crippen molar-refractivity contribution < 1.29 is 4.74 Å². The highest BCUT2D eigenvalue weighted by molar-refractivity contribution is 6.30. The van der Waals surface area contributed by atoms with Crippen molar-refractivity contribution in [1.82, 2.24) is 0 Å². The molecule has 2 nitrogen and oxygen atoms in total. The Morgan fingerprint density at radius 3 is 2.76 bits per heavy atom. The maximum Gasteiger partial charge on any atom is 0.119 e. The molecular weight excluding hydrogens is 234 g/mol. The van der Waals surface area contributed by atoms with Gasteiger partial charge in [0.25, 0.3) is 0 Å². The van der Waals surface area contributed by atoms with Crippen LogP contribution in [0.3, 0.4) is 0 Å². The maximum atomic E-state index is 5.96. The van der Waals surface area contributed by atoms with E-state index in [0.29, 0.717) is 5.02 Å². The second-order valence-electron chi connectivity index (χ2n) is 3.87. The summed E-state index contributed by atoms with van der Waals surface area (Å²) in [5.41, 5.74) is 8.86. The first-order valence-corrected chi connectivity index (χ1v) is 5.73. The van der Waals surface area contributed by atoms with E-state index in [1.165, 1.54) is 0 Å². The fraction of sp³-hybridized carbons (Fsp3) is 0.143. The second kappa shape index (κ2) is 5.11. The normalized spacial score (nSPS) is 10.2. The number of nitrogen functional groups attached to an aromatic ring is 1. The van der Waals surface area contributed by atoms with E-state index in [-0.39, 0.29) is 0 Å². The molecule has 0 heterocycles. The first kappa shape index (κ1) is 11.8. The van der Waals surface area contributed by atoms with Crippen molar-refractivity contribution >= 4 is 17.3 Å². The summed E-state index contributed by atoms with van der Waals surface area (Å²) >= 11 is 5.96. The molecule has 0 bridgehead atoms. The molecule has 0 saturated heterocycles. The number of rotatable bonds is 3. The van der Waals surface area contributed by atoms with Gasteiger partial charge in [-0.3, -0.25) is 0 Å². The van der Waals surface area contributed by atoms with Gasteiger partial charge >= 0.3 is 0 Å². The highest BCUT2D eigenvalue weighted by Gasteiger charge is 2.03. The number of halogens is 1. The van der Waals surface area contributed by atoms with Gasteiger partial charge in [0.05, 0.1) is 7.11 Å². The predicted octanol–water partition coefficient (Wildman–Crippen LogP) is 3.52. The van der Waals surface area contributed by atoms with Crippen LogP contribution < -0.4 is 10.5 Å². The minimum Gasteiger partial charge on any atom is -0.497 e. The zero-order chi connectivity index (χ0) is 12.3. The largest absolute Gasteiger partial charge is 0.497 e. The quantitative estimate of drug-likeness (QED) is 0.843. The topological polar surface area (TPSA) is 35.2 Å². The van der Waals surface area contributed by atoms with Crippen LogP contribution in [0.15, 0.2) is 42.5 Å². The minimum atomic E-state index is 0.706. The third-order valence-corrected chi connectivity index (χ3v) is 2.87. The van der Waals surface area contributed by atoms with Crippen LogP contribution in [0, 0.1) is 0 Å². The standard InChI is InChI=1S/C14H14ClNO/c1-17-13-4-2-3-10(8-13)7-11-9-12(15)5-6-14(11)16/h2-6,8-9H,7,16H2,1H3. The molecular formula is C14H14ClNO. The zero-order valence-electron chi connectivity index (χ0n) is 9.61. The molecule has 2 aromatic carbocycles. The monoisotopic (exact) mass is 247 g/mol. The van der Waals surface area contributed by atoms with Crippen molar-refractivity contribution in [2.45, 2.75) is 6.42 Å². The second-order valence-corrected chi connectivity index (χ2v) is 4.31. The van der Waals surface area contributed by atoms with E-state index in [9.17, 15) is 0 Å².